The van der Waals surface area contributed by atoms with Crippen molar-refractivity contribution in [3.63, 3.8) is 0 Å². The molecule has 2 heteroatoms. The molecule has 0 atom stereocenters. The second-order valence-electron chi connectivity index (χ2n) is 5.57. The summed E-state index contributed by atoms with van der Waals surface area (Å²) in [5.41, 5.74) is 0. The molecule has 96 valence electrons. The van der Waals surface area contributed by atoms with E-state index in [1.165, 1.54) is 37.4 Å². The molecule has 0 saturated carbocycles. The Bertz CT molecular complexity index is 135. The molecule has 1 rings (SSSR count). The van der Waals surface area contributed by atoms with Crippen LogP contribution in [-0.4, -0.2) is 14.1 Å². The van der Waals surface area contributed by atoms with Gasteiger partial charge in [-0.1, -0.05) is 85.9 Å². The minimum absolute atomic E-state index is 0.247. The van der Waals surface area contributed by atoms with Gasteiger partial charge in [-0.25, -0.2) is 0 Å². The summed E-state index contributed by atoms with van der Waals surface area (Å²) in [6.45, 7) is 2.32. The Morgan fingerprint density at radius 1 is 1.06 bits per heavy atom. The maximum Gasteiger partial charge on any atom is 0.0368 e. The normalized spacial score (nSPS) is 25.9. The molecule has 0 aliphatic carbocycles. The van der Waals surface area contributed by atoms with Crippen LogP contribution in [0.3, 0.4) is 0 Å². The second kappa shape index (κ2) is 9.70. The SMILES string of the molecule is CCCCC[Si@H]1CC[C@H](CCCCBr)CC1. The van der Waals surface area contributed by atoms with Crippen LogP contribution >= 0.6 is 15.9 Å². The quantitative estimate of drug-likeness (QED) is 0.321. The fourth-order valence-corrected chi connectivity index (χ4v) is 7.03. The molecule has 1 aliphatic heterocycles. The third-order valence-corrected chi connectivity index (χ3v) is 8.26. The summed E-state index contributed by atoms with van der Waals surface area (Å²) in [4.78, 5) is 0. The molecule has 1 aliphatic rings. The smallest absolute Gasteiger partial charge is 0.0368 e. The predicted molar refractivity (Wildman–Crippen MR) is 81.5 cm³/mol. The van der Waals surface area contributed by atoms with Gasteiger partial charge in [-0.15, -0.1) is 0 Å². The van der Waals surface area contributed by atoms with Gasteiger partial charge in [0.2, 0.25) is 0 Å². The molecule has 0 amide bonds. The van der Waals surface area contributed by atoms with Gasteiger partial charge >= 0.3 is 0 Å². The van der Waals surface area contributed by atoms with Gasteiger partial charge in [0.25, 0.3) is 0 Å². The monoisotopic (exact) mass is 304 g/mol. The standard InChI is InChI=1S/C14H29BrSi/c1-2-3-6-11-16-12-8-14(9-13-16)7-4-5-10-15/h14,16H,2-13H2,1H3/t14-,16-. The summed E-state index contributed by atoms with van der Waals surface area (Å²) in [5, 5.41) is 1.20. The van der Waals surface area contributed by atoms with Gasteiger partial charge in [-0.3, -0.25) is 0 Å². The molecule has 0 nitrogen and oxygen atoms in total. The van der Waals surface area contributed by atoms with E-state index in [0.717, 1.165) is 5.92 Å². The first-order chi connectivity index (χ1) is 7.86. The Morgan fingerprint density at radius 2 is 1.81 bits per heavy atom. The number of halogens is 1. The predicted octanol–water partition coefficient (Wildman–Crippen LogP) is 5.38. The highest BCUT2D eigenvalue weighted by Gasteiger charge is 2.21. The molecule has 1 heterocycles. The van der Waals surface area contributed by atoms with Gasteiger partial charge in [0.1, 0.15) is 0 Å². The van der Waals surface area contributed by atoms with E-state index in [1.54, 1.807) is 37.4 Å². The highest BCUT2D eigenvalue weighted by Crippen LogP contribution is 2.31. The highest BCUT2D eigenvalue weighted by molar-refractivity contribution is 9.09. The van der Waals surface area contributed by atoms with E-state index in [0.29, 0.717) is 0 Å². The third kappa shape index (κ3) is 6.44. The zero-order chi connectivity index (χ0) is 11.6. The van der Waals surface area contributed by atoms with Crippen LogP contribution in [-0.2, 0) is 0 Å². The fourth-order valence-electron chi connectivity index (χ4n) is 3.02. The average Bonchev–Trinajstić information content (AvgIpc) is 2.32. The molecule has 0 unspecified atom stereocenters. The zero-order valence-corrected chi connectivity index (χ0v) is 13.8. The Balaban J connectivity index is 2.00. The maximum absolute atomic E-state index is 3.53. The number of hydrogen-bond acceptors (Lipinski definition) is 0. The molecule has 16 heavy (non-hydrogen) atoms. The van der Waals surface area contributed by atoms with Crippen LogP contribution in [0.1, 0.15) is 58.3 Å². The van der Waals surface area contributed by atoms with E-state index in [9.17, 15) is 0 Å². The van der Waals surface area contributed by atoms with Crippen molar-refractivity contribution >= 4 is 24.7 Å². The van der Waals surface area contributed by atoms with E-state index >= 15 is 0 Å². The van der Waals surface area contributed by atoms with E-state index < -0.39 is 0 Å². The molecule has 0 N–H and O–H groups in total. The highest BCUT2D eigenvalue weighted by atomic mass is 79.9. The third-order valence-electron chi connectivity index (χ3n) is 4.18. The van der Waals surface area contributed by atoms with Gasteiger partial charge in [0.05, 0.1) is 0 Å². The summed E-state index contributed by atoms with van der Waals surface area (Å²) >= 11 is 3.53. The maximum atomic E-state index is 3.53. The van der Waals surface area contributed by atoms with Crippen molar-refractivity contribution in [1.82, 2.24) is 0 Å². The van der Waals surface area contributed by atoms with Crippen LogP contribution in [0.15, 0.2) is 0 Å². The summed E-state index contributed by atoms with van der Waals surface area (Å²) in [7, 11) is -0.247. The fraction of sp³-hybridized carbons (Fsp3) is 1.00. The lowest BCUT2D eigenvalue weighted by Crippen LogP contribution is -2.21. The van der Waals surface area contributed by atoms with E-state index in [-0.39, 0.29) is 8.80 Å². The second-order valence-corrected chi connectivity index (χ2v) is 9.82. The molecule has 0 radical (unpaired) electrons. The first kappa shape index (κ1) is 14.8. The van der Waals surface area contributed by atoms with Crippen molar-refractivity contribution in [2.45, 2.75) is 76.4 Å². The number of rotatable bonds is 8. The van der Waals surface area contributed by atoms with Gasteiger partial charge < -0.3 is 0 Å². The van der Waals surface area contributed by atoms with Crippen LogP contribution in [0.2, 0.25) is 18.1 Å². The van der Waals surface area contributed by atoms with Crippen molar-refractivity contribution in [2.24, 2.45) is 5.92 Å². The van der Waals surface area contributed by atoms with Crippen molar-refractivity contribution in [2.75, 3.05) is 5.33 Å². The van der Waals surface area contributed by atoms with E-state index in [4.69, 9.17) is 0 Å². The number of alkyl halides is 1. The summed E-state index contributed by atoms with van der Waals surface area (Å²) in [5.74, 6) is 1.11. The molecule has 1 fully saturated rings. The van der Waals surface area contributed by atoms with Crippen LogP contribution in [0.4, 0.5) is 0 Å². The van der Waals surface area contributed by atoms with Crippen molar-refractivity contribution < 1.29 is 0 Å². The first-order valence-electron chi connectivity index (χ1n) is 7.42. The van der Waals surface area contributed by atoms with Crippen molar-refractivity contribution in [1.29, 1.82) is 0 Å². The minimum Gasteiger partial charge on any atom is -0.0928 e. The zero-order valence-electron chi connectivity index (χ0n) is 11.0. The molecule has 0 aromatic rings. The van der Waals surface area contributed by atoms with Gasteiger partial charge in [-0.2, -0.15) is 0 Å². The van der Waals surface area contributed by atoms with Crippen LogP contribution in [0.5, 0.6) is 0 Å². The van der Waals surface area contributed by atoms with Crippen LogP contribution in [0, 0.1) is 5.92 Å². The molecular weight excluding hydrogens is 276 g/mol. The Kier molecular flexibility index (Phi) is 8.95. The van der Waals surface area contributed by atoms with Crippen LogP contribution in [0.25, 0.3) is 0 Å². The summed E-state index contributed by atoms with van der Waals surface area (Å²) < 4.78 is 0. The molecular formula is C14H29BrSi. The molecule has 0 spiro atoms. The van der Waals surface area contributed by atoms with Crippen molar-refractivity contribution in [3.8, 4) is 0 Å². The van der Waals surface area contributed by atoms with Crippen molar-refractivity contribution in [3.05, 3.63) is 0 Å². The van der Waals surface area contributed by atoms with Gasteiger partial charge in [0.15, 0.2) is 0 Å². The Hall–Kier alpha value is 0.697. The Morgan fingerprint density at radius 3 is 2.44 bits per heavy atom. The summed E-state index contributed by atoms with van der Waals surface area (Å²) in [6.07, 6.45) is 12.0. The topological polar surface area (TPSA) is 0 Å². The van der Waals surface area contributed by atoms with E-state index in [2.05, 4.69) is 22.9 Å². The van der Waals surface area contributed by atoms with Gasteiger partial charge in [0, 0.05) is 14.1 Å². The minimum atomic E-state index is -0.247. The number of hydrogen-bond donors (Lipinski definition) is 0. The largest absolute Gasteiger partial charge is 0.0928 e. The van der Waals surface area contributed by atoms with Gasteiger partial charge in [-0.05, 0) is 12.3 Å². The number of unbranched alkanes of at least 4 members (excludes halogenated alkanes) is 3. The lowest BCUT2D eigenvalue weighted by molar-refractivity contribution is 0.422. The molecule has 0 aromatic heterocycles. The lowest BCUT2D eigenvalue weighted by atomic mass is 9.96. The van der Waals surface area contributed by atoms with E-state index in [1.807, 2.05) is 0 Å². The molecule has 0 bridgehead atoms. The molecule has 0 aromatic carbocycles. The first-order valence-corrected chi connectivity index (χ1v) is 11.0. The average molecular weight is 305 g/mol. The summed E-state index contributed by atoms with van der Waals surface area (Å²) in [6, 6.07) is 4.99. The Labute approximate surface area is 112 Å². The van der Waals surface area contributed by atoms with Crippen LogP contribution < -0.4 is 0 Å². The molecule has 1 saturated heterocycles. The lowest BCUT2D eigenvalue weighted by Gasteiger charge is -2.27.